The predicted octanol–water partition coefficient (Wildman–Crippen LogP) is 1.52. The van der Waals surface area contributed by atoms with Gasteiger partial charge in [-0.1, -0.05) is 6.42 Å². The number of carbonyl (C=O) groups excluding carboxylic acids is 1. The summed E-state index contributed by atoms with van der Waals surface area (Å²) in [7, 11) is -3.07. The molecule has 6 nitrogen and oxygen atoms in total. The molecule has 1 spiro atoms. The SMILES string of the molecule is CC1CN(C2CCC2)CCN1C(=O)C1CC2(CCN(S(C)(=O)=O)CC2)C1. The van der Waals surface area contributed by atoms with E-state index in [9.17, 15) is 13.2 Å². The summed E-state index contributed by atoms with van der Waals surface area (Å²) in [6, 6.07) is 1.09. The lowest BCUT2D eigenvalue weighted by Gasteiger charge is -2.53. The zero-order valence-corrected chi connectivity index (χ0v) is 17.0. The molecule has 7 heteroatoms. The van der Waals surface area contributed by atoms with E-state index >= 15 is 0 Å². The van der Waals surface area contributed by atoms with Gasteiger partial charge in [0.05, 0.1) is 6.26 Å². The average molecular weight is 384 g/mol. The summed E-state index contributed by atoms with van der Waals surface area (Å²) in [6.45, 7) is 6.37. The lowest BCUT2D eigenvalue weighted by molar-refractivity contribution is -0.150. The van der Waals surface area contributed by atoms with Crippen LogP contribution in [0.15, 0.2) is 0 Å². The third-order valence-electron chi connectivity index (χ3n) is 7.49. The number of amides is 1. The fourth-order valence-corrected chi connectivity index (χ4v) is 6.34. The van der Waals surface area contributed by atoms with Crippen molar-refractivity contribution in [1.82, 2.24) is 14.1 Å². The molecule has 0 bridgehead atoms. The van der Waals surface area contributed by atoms with E-state index in [1.54, 1.807) is 4.31 Å². The van der Waals surface area contributed by atoms with Gasteiger partial charge >= 0.3 is 0 Å². The van der Waals surface area contributed by atoms with Gasteiger partial charge in [-0.15, -0.1) is 0 Å². The molecule has 0 N–H and O–H groups in total. The standard InChI is InChI=1S/C19H33N3O3S/c1-15-14-20(17-4-3-5-17)10-11-22(15)18(23)16-12-19(13-16)6-8-21(9-7-19)26(2,24)25/h15-17H,3-14H2,1-2H3. The monoisotopic (exact) mass is 383 g/mol. The van der Waals surface area contributed by atoms with Crippen LogP contribution in [0.1, 0.15) is 51.9 Å². The number of carbonyl (C=O) groups is 1. The van der Waals surface area contributed by atoms with Crippen LogP contribution in [0.5, 0.6) is 0 Å². The van der Waals surface area contributed by atoms with Crippen molar-refractivity contribution in [3.05, 3.63) is 0 Å². The van der Waals surface area contributed by atoms with Gasteiger partial charge in [-0.3, -0.25) is 9.69 Å². The molecule has 4 rings (SSSR count). The van der Waals surface area contributed by atoms with E-state index in [0.717, 1.165) is 51.4 Å². The minimum atomic E-state index is -3.07. The zero-order chi connectivity index (χ0) is 18.5. The summed E-state index contributed by atoms with van der Waals surface area (Å²) < 4.78 is 25.0. The van der Waals surface area contributed by atoms with E-state index in [4.69, 9.17) is 0 Å². The Morgan fingerprint density at radius 3 is 2.19 bits per heavy atom. The zero-order valence-electron chi connectivity index (χ0n) is 16.2. The molecule has 2 saturated carbocycles. The molecule has 1 unspecified atom stereocenters. The molecule has 0 aromatic rings. The van der Waals surface area contributed by atoms with Crippen molar-refractivity contribution in [3.63, 3.8) is 0 Å². The Bertz CT molecular complexity index is 645. The molecule has 26 heavy (non-hydrogen) atoms. The molecule has 2 heterocycles. The van der Waals surface area contributed by atoms with Crippen LogP contribution in [0.25, 0.3) is 0 Å². The third kappa shape index (κ3) is 3.42. The molecule has 2 saturated heterocycles. The highest BCUT2D eigenvalue weighted by atomic mass is 32.2. The molecule has 0 radical (unpaired) electrons. The first-order valence-electron chi connectivity index (χ1n) is 10.3. The van der Waals surface area contributed by atoms with Gasteiger partial charge in [-0.25, -0.2) is 12.7 Å². The van der Waals surface area contributed by atoms with E-state index in [1.165, 1.54) is 25.5 Å². The molecule has 0 aromatic heterocycles. The van der Waals surface area contributed by atoms with Crippen LogP contribution in [0.2, 0.25) is 0 Å². The minimum absolute atomic E-state index is 0.164. The quantitative estimate of drug-likeness (QED) is 0.741. The summed E-state index contributed by atoms with van der Waals surface area (Å²) in [5.41, 5.74) is 0.221. The van der Waals surface area contributed by atoms with Crippen molar-refractivity contribution in [2.24, 2.45) is 11.3 Å². The van der Waals surface area contributed by atoms with Crippen molar-refractivity contribution in [1.29, 1.82) is 0 Å². The Kier molecular flexibility index (Phi) is 4.85. The van der Waals surface area contributed by atoms with E-state index in [2.05, 4.69) is 16.7 Å². The Morgan fingerprint density at radius 2 is 1.69 bits per heavy atom. The summed E-state index contributed by atoms with van der Waals surface area (Å²) in [5.74, 6) is 0.513. The van der Waals surface area contributed by atoms with Gasteiger partial charge in [0.2, 0.25) is 15.9 Å². The van der Waals surface area contributed by atoms with Crippen LogP contribution in [-0.4, -0.2) is 79.5 Å². The van der Waals surface area contributed by atoms with Crippen LogP contribution in [0.3, 0.4) is 0 Å². The van der Waals surface area contributed by atoms with Crippen LogP contribution in [0, 0.1) is 11.3 Å². The second-order valence-electron chi connectivity index (χ2n) is 9.23. The van der Waals surface area contributed by atoms with Gasteiger partial charge in [0.25, 0.3) is 0 Å². The molecule has 1 atom stereocenters. The number of hydrogen-bond acceptors (Lipinski definition) is 4. The first-order chi connectivity index (χ1) is 12.3. The number of nitrogens with zero attached hydrogens (tertiary/aromatic N) is 3. The Hall–Kier alpha value is -0.660. The smallest absolute Gasteiger partial charge is 0.226 e. The minimum Gasteiger partial charge on any atom is -0.337 e. The molecule has 1 amide bonds. The molecule has 4 aliphatic rings. The predicted molar refractivity (Wildman–Crippen MR) is 101 cm³/mol. The van der Waals surface area contributed by atoms with Crippen molar-refractivity contribution in [2.45, 2.75) is 64.0 Å². The number of hydrogen-bond donors (Lipinski definition) is 0. The van der Waals surface area contributed by atoms with Gasteiger partial charge in [-0.05, 0) is 50.9 Å². The van der Waals surface area contributed by atoms with Crippen LogP contribution in [-0.2, 0) is 14.8 Å². The molecule has 2 aliphatic carbocycles. The largest absolute Gasteiger partial charge is 0.337 e. The van der Waals surface area contributed by atoms with Crippen molar-refractivity contribution in [2.75, 3.05) is 39.0 Å². The fraction of sp³-hybridized carbons (Fsp3) is 0.947. The summed E-state index contributed by atoms with van der Waals surface area (Å²) >= 11 is 0. The van der Waals surface area contributed by atoms with Crippen LogP contribution in [0.4, 0.5) is 0 Å². The topological polar surface area (TPSA) is 60.9 Å². The molecule has 2 aliphatic heterocycles. The number of piperidine rings is 1. The summed E-state index contributed by atoms with van der Waals surface area (Å²) in [5, 5.41) is 0. The third-order valence-corrected chi connectivity index (χ3v) is 8.80. The second kappa shape index (κ2) is 6.74. The van der Waals surface area contributed by atoms with Crippen LogP contribution < -0.4 is 0 Å². The first kappa shape index (κ1) is 18.7. The summed E-state index contributed by atoms with van der Waals surface area (Å²) in [4.78, 5) is 17.7. The maximum atomic E-state index is 13.0. The molecule has 0 aromatic carbocycles. The van der Waals surface area contributed by atoms with Gasteiger partial charge in [0, 0.05) is 50.7 Å². The second-order valence-corrected chi connectivity index (χ2v) is 11.2. The maximum Gasteiger partial charge on any atom is 0.226 e. The lowest BCUT2D eigenvalue weighted by Crippen LogP contribution is -2.60. The van der Waals surface area contributed by atoms with Crippen LogP contribution >= 0.6 is 0 Å². The van der Waals surface area contributed by atoms with Gasteiger partial charge < -0.3 is 4.90 Å². The number of rotatable bonds is 3. The van der Waals surface area contributed by atoms with Crippen molar-refractivity contribution >= 4 is 15.9 Å². The van der Waals surface area contributed by atoms with E-state index in [1.807, 2.05) is 0 Å². The van der Waals surface area contributed by atoms with Gasteiger partial charge in [0.1, 0.15) is 0 Å². The average Bonchev–Trinajstić information content (AvgIpc) is 2.50. The molecular formula is C19H33N3O3S. The van der Waals surface area contributed by atoms with E-state index in [0.29, 0.717) is 25.0 Å². The normalized spacial score (nSPS) is 31.6. The van der Waals surface area contributed by atoms with E-state index in [-0.39, 0.29) is 11.3 Å². The summed E-state index contributed by atoms with van der Waals surface area (Å²) in [6.07, 6.45) is 9.05. The van der Waals surface area contributed by atoms with E-state index < -0.39 is 10.0 Å². The highest BCUT2D eigenvalue weighted by Crippen LogP contribution is 2.53. The molecule has 148 valence electrons. The first-order valence-corrected chi connectivity index (χ1v) is 12.1. The van der Waals surface area contributed by atoms with Crippen molar-refractivity contribution < 1.29 is 13.2 Å². The highest BCUT2D eigenvalue weighted by molar-refractivity contribution is 7.88. The van der Waals surface area contributed by atoms with Gasteiger partial charge in [0.15, 0.2) is 0 Å². The number of piperazine rings is 1. The Morgan fingerprint density at radius 1 is 1.04 bits per heavy atom. The number of sulfonamides is 1. The maximum absolute atomic E-state index is 13.0. The Labute approximate surface area is 157 Å². The lowest BCUT2D eigenvalue weighted by atomic mass is 9.57. The Balaban J connectivity index is 1.27. The fourth-order valence-electron chi connectivity index (χ4n) is 5.49. The van der Waals surface area contributed by atoms with Crippen molar-refractivity contribution in [3.8, 4) is 0 Å². The van der Waals surface area contributed by atoms with Gasteiger partial charge in [-0.2, -0.15) is 0 Å². The molecular weight excluding hydrogens is 350 g/mol. The molecule has 4 fully saturated rings. The highest BCUT2D eigenvalue weighted by Gasteiger charge is 2.50.